The maximum absolute atomic E-state index is 11.2. The zero-order chi connectivity index (χ0) is 11.0. The highest BCUT2D eigenvalue weighted by Crippen LogP contribution is 2.20. The summed E-state index contributed by atoms with van der Waals surface area (Å²) in [7, 11) is -1.26. The third-order valence-corrected chi connectivity index (χ3v) is 2.24. The van der Waals surface area contributed by atoms with Gasteiger partial charge < -0.3 is 18.6 Å². The predicted molar refractivity (Wildman–Crippen MR) is 49.8 cm³/mol. The third kappa shape index (κ3) is 2.15. The van der Waals surface area contributed by atoms with E-state index in [1.165, 1.54) is 0 Å². The maximum atomic E-state index is 11.2. The Labute approximate surface area is 87.5 Å². The van der Waals surface area contributed by atoms with E-state index >= 15 is 0 Å². The molecule has 15 heavy (non-hydrogen) atoms. The van der Waals surface area contributed by atoms with Gasteiger partial charge >= 0.3 is 26.2 Å². The molecule has 2 atom stereocenters. The van der Waals surface area contributed by atoms with Crippen LogP contribution in [0, 0.1) is 0 Å². The summed E-state index contributed by atoms with van der Waals surface area (Å²) >= 11 is 0. The summed E-state index contributed by atoms with van der Waals surface area (Å²) in [6.45, 7) is 3.22. The van der Waals surface area contributed by atoms with Gasteiger partial charge in [0.05, 0.1) is 0 Å². The van der Waals surface area contributed by atoms with Crippen LogP contribution in [-0.4, -0.2) is 38.4 Å². The molecule has 2 saturated heterocycles. The molecule has 0 saturated carbocycles. The van der Waals surface area contributed by atoms with Crippen molar-refractivity contribution in [3.63, 3.8) is 0 Å². The minimum absolute atomic E-state index is 0.180. The predicted octanol–water partition coefficient (Wildman–Crippen LogP) is -0.504. The van der Waals surface area contributed by atoms with E-state index in [9.17, 15) is 9.59 Å². The maximum Gasteiger partial charge on any atom is 0.531 e. The Bertz CT molecular complexity index is 295. The highest BCUT2D eigenvalue weighted by atomic mass is 16.7. The first-order valence-corrected chi connectivity index (χ1v) is 4.78. The van der Waals surface area contributed by atoms with Gasteiger partial charge in [-0.3, -0.25) is 9.59 Å². The fraction of sp³-hybridized carbons (Fsp3) is 0.714. The lowest BCUT2D eigenvalue weighted by molar-refractivity contribution is -0.137. The zero-order valence-corrected chi connectivity index (χ0v) is 8.47. The van der Waals surface area contributed by atoms with Gasteiger partial charge in [0, 0.05) is 6.32 Å². The first-order valence-electron chi connectivity index (χ1n) is 4.78. The molecule has 80 valence electrons. The molecular weight excluding hydrogens is 202 g/mol. The average molecular weight is 212 g/mol. The van der Waals surface area contributed by atoms with Crippen LogP contribution in [0.4, 0.5) is 0 Å². The van der Waals surface area contributed by atoms with E-state index in [4.69, 9.17) is 18.6 Å². The first-order chi connectivity index (χ1) is 7.06. The van der Waals surface area contributed by atoms with Crippen molar-refractivity contribution in [3.8, 4) is 0 Å². The quantitative estimate of drug-likeness (QED) is 0.574. The molecule has 8 heteroatoms. The van der Waals surface area contributed by atoms with Crippen molar-refractivity contribution in [2.24, 2.45) is 0 Å². The van der Waals surface area contributed by atoms with Crippen molar-refractivity contribution in [1.29, 1.82) is 0 Å². The summed E-state index contributed by atoms with van der Waals surface area (Å²) in [5.41, 5.74) is 0. The number of hydrogen-bond acceptors (Lipinski definition) is 6. The van der Waals surface area contributed by atoms with Crippen molar-refractivity contribution in [2.75, 3.05) is 0 Å². The van der Waals surface area contributed by atoms with Crippen molar-refractivity contribution in [2.45, 2.75) is 32.3 Å². The highest BCUT2D eigenvalue weighted by molar-refractivity contribution is 6.51. The molecule has 0 aliphatic carbocycles. The normalized spacial score (nSPS) is 30.8. The number of rotatable bonds is 2. The van der Waals surface area contributed by atoms with E-state index in [-0.39, 0.29) is 6.32 Å². The Kier molecular flexibility index (Phi) is 2.70. The SMILES string of the molecule is CB1OC(=O)C(CB2OC(=O)C(C)O2)O1. The molecule has 0 aromatic carbocycles. The van der Waals surface area contributed by atoms with Crippen molar-refractivity contribution in [1.82, 2.24) is 0 Å². The highest BCUT2D eigenvalue weighted by Gasteiger charge is 2.45. The van der Waals surface area contributed by atoms with Crippen LogP contribution in [0.25, 0.3) is 0 Å². The monoisotopic (exact) mass is 212 g/mol. The van der Waals surface area contributed by atoms with Crippen LogP contribution in [0.15, 0.2) is 0 Å². The van der Waals surface area contributed by atoms with Gasteiger partial charge in [0.25, 0.3) is 0 Å². The molecule has 0 radical (unpaired) electrons. The molecule has 0 aromatic heterocycles. The van der Waals surface area contributed by atoms with Gasteiger partial charge in [0.15, 0.2) is 0 Å². The summed E-state index contributed by atoms with van der Waals surface area (Å²) in [5.74, 6) is -0.860. The molecule has 6 nitrogen and oxygen atoms in total. The minimum Gasteiger partial charge on any atom is -0.508 e. The fourth-order valence-corrected chi connectivity index (χ4v) is 1.52. The molecule has 0 N–H and O–H groups in total. The van der Waals surface area contributed by atoms with Crippen LogP contribution in [0.3, 0.4) is 0 Å². The smallest absolute Gasteiger partial charge is 0.508 e. The van der Waals surface area contributed by atoms with Crippen LogP contribution in [0.2, 0.25) is 13.1 Å². The molecule has 2 rings (SSSR count). The van der Waals surface area contributed by atoms with Gasteiger partial charge in [0.2, 0.25) is 0 Å². The summed E-state index contributed by atoms with van der Waals surface area (Å²) in [6, 6.07) is 0. The van der Waals surface area contributed by atoms with Crippen LogP contribution in [0.1, 0.15) is 6.92 Å². The van der Waals surface area contributed by atoms with E-state index < -0.39 is 38.4 Å². The van der Waals surface area contributed by atoms with Crippen LogP contribution < -0.4 is 0 Å². The molecule has 0 aromatic rings. The Morgan fingerprint density at radius 1 is 1.20 bits per heavy atom. The van der Waals surface area contributed by atoms with Crippen molar-refractivity contribution >= 4 is 26.2 Å². The van der Waals surface area contributed by atoms with Gasteiger partial charge in [0.1, 0.15) is 12.2 Å². The Morgan fingerprint density at radius 3 is 2.40 bits per heavy atom. The van der Waals surface area contributed by atoms with Crippen LogP contribution >= 0.6 is 0 Å². The zero-order valence-electron chi connectivity index (χ0n) is 8.47. The number of carbonyl (C=O) groups is 2. The molecule has 2 heterocycles. The van der Waals surface area contributed by atoms with E-state index in [2.05, 4.69) is 0 Å². The van der Waals surface area contributed by atoms with Crippen molar-refractivity contribution < 1.29 is 28.2 Å². The molecule has 2 unspecified atom stereocenters. The molecule has 2 fully saturated rings. The van der Waals surface area contributed by atoms with Gasteiger partial charge in [-0.05, 0) is 13.7 Å². The molecule has 0 bridgehead atoms. The molecule has 2 aliphatic rings. The molecule has 0 spiro atoms. The second kappa shape index (κ2) is 3.86. The molecule has 2 aliphatic heterocycles. The topological polar surface area (TPSA) is 71.1 Å². The van der Waals surface area contributed by atoms with Crippen LogP contribution in [0.5, 0.6) is 0 Å². The Balaban J connectivity index is 1.88. The first kappa shape index (κ1) is 10.5. The fourth-order valence-electron chi connectivity index (χ4n) is 1.52. The Hall–Kier alpha value is -1.01. The molecule has 0 amide bonds. The van der Waals surface area contributed by atoms with E-state index in [0.29, 0.717) is 0 Å². The van der Waals surface area contributed by atoms with Gasteiger partial charge in [-0.1, -0.05) is 0 Å². The van der Waals surface area contributed by atoms with Gasteiger partial charge in [-0.2, -0.15) is 0 Å². The summed E-state index contributed by atoms with van der Waals surface area (Å²) in [4.78, 5) is 22.2. The molecular formula is C7H10B2O6. The lowest BCUT2D eigenvalue weighted by Crippen LogP contribution is -2.27. The lowest BCUT2D eigenvalue weighted by atomic mass is 9.82. The summed E-state index contributed by atoms with van der Waals surface area (Å²) in [5, 5.41) is 0. The second-order valence-electron chi connectivity index (χ2n) is 3.51. The van der Waals surface area contributed by atoms with Crippen molar-refractivity contribution in [3.05, 3.63) is 0 Å². The largest absolute Gasteiger partial charge is 0.531 e. The summed E-state index contributed by atoms with van der Waals surface area (Å²) in [6.07, 6.45) is -1.10. The average Bonchev–Trinajstić information content (AvgIpc) is 2.59. The second-order valence-corrected chi connectivity index (χ2v) is 3.51. The van der Waals surface area contributed by atoms with Gasteiger partial charge in [-0.25, -0.2) is 0 Å². The van der Waals surface area contributed by atoms with Gasteiger partial charge in [-0.15, -0.1) is 0 Å². The Morgan fingerprint density at radius 2 is 1.93 bits per heavy atom. The minimum atomic E-state index is -0.713. The third-order valence-electron chi connectivity index (χ3n) is 2.24. The summed E-state index contributed by atoms with van der Waals surface area (Å²) < 4.78 is 20.0. The number of carbonyl (C=O) groups excluding carboxylic acids is 2. The van der Waals surface area contributed by atoms with E-state index in [0.717, 1.165) is 0 Å². The lowest BCUT2D eigenvalue weighted by Gasteiger charge is -2.07. The standard InChI is InChI=1S/C7H10B2O6/c1-4-6(10)15-9(12-4)3-5-7(11)14-8(2)13-5/h4-5H,3H2,1-2H3. The number of hydrogen-bond donors (Lipinski definition) is 0. The van der Waals surface area contributed by atoms with Crippen LogP contribution in [-0.2, 0) is 28.2 Å². The van der Waals surface area contributed by atoms with E-state index in [1.54, 1.807) is 13.7 Å². The van der Waals surface area contributed by atoms with E-state index in [1.807, 2.05) is 0 Å².